The van der Waals surface area contributed by atoms with Gasteiger partial charge in [0.05, 0.1) is 36.8 Å². The molecule has 0 saturated carbocycles. The third-order valence-electron chi connectivity index (χ3n) is 8.03. The molecule has 0 aliphatic rings. The summed E-state index contributed by atoms with van der Waals surface area (Å²) in [6.07, 6.45) is 4.66. The van der Waals surface area contributed by atoms with Gasteiger partial charge in [0.2, 0.25) is 0 Å². The molecule has 47 heavy (non-hydrogen) atoms. The van der Waals surface area contributed by atoms with Gasteiger partial charge in [-0.05, 0) is 66.8 Å². The number of aromatic nitrogens is 2. The van der Waals surface area contributed by atoms with Gasteiger partial charge >= 0.3 is 0 Å². The molecule has 0 unspecified atom stereocenters. The van der Waals surface area contributed by atoms with Crippen molar-refractivity contribution in [1.29, 1.82) is 0 Å². The summed E-state index contributed by atoms with van der Waals surface area (Å²) in [6.45, 7) is 6.75. The van der Waals surface area contributed by atoms with Crippen molar-refractivity contribution in [1.82, 2.24) is 20.2 Å². The minimum absolute atomic E-state index is 0.250. The lowest BCUT2D eigenvalue weighted by Gasteiger charge is -2.29. The second-order valence-electron chi connectivity index (χ2n) is 12.2. The van der Waals surface area contributed by atoms with Crippen LogP contribution in [0, 0.1) is 6.92 Å². The number of furan rings is 1. The van der Waals surface area contributed by atoms with Crippen LogP contribution < -0.4 is 10.2 Å². The highest BCUT2D eigenvalue weighted by Gasteiger charge is 2.26. The molecule has 0 saturated heterocycles. The van der Waals surface area contributed by atoms with Gasteiger partial charge in [-0.3, -0.25) is 14.6 Å². The number of pyridine rings is 1. The van der Waals surface area contributed by atoms with E-state index < -0.39 is 18.1 Å². The number of aryl methyl sites for hydroxylation is 1. The standard InChI is InChI=1S/C37H41N5O4S/c1-24(2)30-18-31(20-38-19-30)41(4)21-33(43)32(14-26-10-7-6-8-11-26)40-36(44)28-15-27(34-12-9-13-46-34)16-29(17-28)37(45)42(5)22-35-39-25(3)23-47-35/h6-13,15-20,23-24,32-33,43H,14,21-22H2,1-5H3,(H,40,44)/t32-,33+/m0/s1. The Morgan fingerprint density at radius 2 is 1.77 bits per heavy atom. The van der Waals surface area contributed by atoms with E-state index in [2.05, 4.69) is 35.2 Å². The van der Waals surface area contributed by atoms with Crippen LogP contribution in [0.1, 0.15) is 62.3 Å². The Morgan fingerprint density at radius 3 is 2.45 bits per heavy atom. The maximum absolute atomic E-state index is 14.0. The number of rotatable bonds is 13. The van der Waals surface area contributed by atoms with Crippen molar-refractivity contribution in [3.05, 3.63) is 124 Å². The average Bonchev–Trinajstić information content (AvgIpc) is 3.76. The van der Waals surface area contributed by atoms with E-state index in [1.165, 1.54) is 11.3 Å². The van der Waals surface area contributed by atoms with Crippen molar-refractivity contribution in [2.45, 2.75) is 51.8 Å². The summed E-state index contributed by atoms with van der Waals surface area (Å²) in [4.78, 5) is 40.0. The van der Waals surface area contributed by atoms with Crippen molar-refractivity contribution in [2.75, 3.05) is 25.5 Å². The van der Waals surface area contributed by atoms with Crippen LogP contribution >= 0.6 is 11.3 Å². The number of carbonyl (C=O) groups is 2. The van der Waals surface area contributed by atoms with Crippen molar-refractivity contribution >= 4 is 28.8 Å². The molecule has 9 nitrogen and oxygen atoms in total. The quantitative estimate of drug-likeness (QED) is 0.153. The van der Waals surface area contributed by atoms with Crippen LogP contribution in [-0.2, 0) is 13.0 Å². The molecular formula is C37H41N5O4S. The van der Waals surface area contributed by atoms with Gasteiger partial charge in [0.1, 0.15) is 10.8 Å². The predicted octanol–water partition coefficient (Wildman–Crippen LogP) is 6.34. The molecule has 0 spiro atoms. The summed E-state index contributed by atoms with van der Waals surface area (Å²) in [5.41, 5.74) is 5.09. The summed E-state index contributed by atoms with van der Waals surface area (Å²) in [7, 11) is 3.62. The van der Waals surface area contributed by atoms with Gasteiger partial charge in [-0.15, -0.1) is 11.3 Å². The van der Waals surface area contributed by atoms with Gasteiger partial charge in [0.25, 0.3) is 11.8 Å². The zero-order valence-corrected chi connectivity index (χ0v) is 28.2. The first-order valence-electron chi connectivity index (χ1n) is 15.6. The lowest BCUT2D eigenvalue weighted by atomic mass is 9.98. The maximum Gasteiger partial charge on any atom is 0.254 e. The summed E-state index contributed by atoms with van der Waals surface area (Å²) in [6, 6.07) is 19.8. The molecule has 3 heterocycles. The van der Waals surface area contributed by atoms with E-state index in [1.54, 1.807) is 54.7 Å². The molecule has 0 aliphatic carbocycles. The number of hydrogen-bond donors (Lipinski definition) is 2. The zero-order valence-electron chi connectivity index (χ0n) is 27.4. The van der Waals surface area contributed by atoms with Crippen molar-refractivity contribution in [3.8, 4) is 11.3 Å². The number of anilines is 1. The van der Waals surface area contributed by atoms with Crippen molar-refractivity contribution in [3.63, 3.8) is 0 Å². The number of carbonyl (C=O) groups excluding carboxylic acids is 2. The van der Waals surface area contributed by atoms with E-state index in [4.69, 9.17) is 4.42 Å². The Balaban J connectivity index is 1.41. The van der Waals surface area contributed by atoms with E-state index in [9.17, 15) is 14.7 Å². The Kier molecular flexibility index (Phi) is 10.8. The molecule has 0 radical (unpaired) electrons. The van der Waals surface area contributed by atoms with Crippen LogP contribution in [0.3, 0.4) is 0 Å². The van der Waals surface area contributed by atoms with E-state index in [0.717, 1.165) is 27.5 Å². The van der Waals surface area contributed by atoms with Gasteiger partial charge in [0.15, 0.2) is 0 Å². The topological polar surface area (TPSA) is 112 Å². The largest absolute Gasteiger partial charge is 0.464 e. The highest BCUT2D eigenvalue weighted by atomic mass is 32.1. The molecule has 0 fully saturated rings. The number of nitrogens with one attached hydrogen (secondary N) is 1. The molecule has 2 amide bonds. The van der Waals surface area contributed by atoms with E-state index in [0.29, 0.717) is 35.8 Å². The summed E-state index contributed by atoms with van der Waals surface area (Å²) >= 11 is 1.50. The number of benzene rings is 2. The fourth-order valence-electron chi connectivity index (χ4n) is 5.32. The van der Waals surface area contributed by atoms with Crippen LogP contribution in [0.2, 0.25) is 0 Å². The van der Waals surface area contributed by atoms with Gasteiger partial charge in [-0.25, -0.2) is 4.98 Å². The number of hydrogen-bond acceptors (Lipinski definition) is 8. The fourth-order valence-corrected chi connectivity index (χ4v) is 6.15. The van der Waals surface area contributed by atoms with Crippen LogP contribution in [0.5, 0.6) is 0 Å². The first-order valence-corrected chi connectivity index (χ1v) is 16.5. The number of aliphatic hydroxyl groups excluding tert-OH is 1. The van der Waals surface area contributed by atoms with Crippen molar-refractivity contribution in [2.24, 2.45) is 0 Å². The Labute approximate surface area is 279 Å². The molecular weight excluding hydrogens is 611 g/mol. The first-order chi connectivity index (χ1) is 22.6. The summed E-state index contributed by atoms with van der Waals surface area (Å²) in [5.74, 6) is 0.194. The second kappa shape index (κ2) is 15.2. The van der Waals surface area contributed by atoms with Crippen molar-refractivity contribution < 1.29 is 19.1 Å². The smallest absolute Gasteiger partial charge is 0.254 e. The molecule has 0 bridgehead atoms. The predicted molar refractivity (Wildman–Crippen MR) is 186 cm³/mol. The second-order valence-corrected chi connectivity index (χ2v) is 13.1. The Morgan fingerprint density at radius 1 is 1.00 bits per heavy atom. The number of likely N-dealkylation sites (N-methyl/N-ethyl adjacent to an activating group) is 1. The molecule has 0 aliphatic heterocycles. The van der Waals surface area contributed by atoms with Gasteiger partial charge in [0, 0.05) is 54.6 Å². The highest BCUT2D eigenvalue weighted by Crippen LogP contribution is 2.25. The number of amides is 2. The Hall–Kier alpha value is -4.80. The third kappa shape index (κ3) is 8.72. The van der Waals surface area contributed by atoms with Crippen LogP contribution in [-0.4, -0.2) is 64.6 Å². The van der Waals surface area contributed by atoms with E-state index in [-0.39, 0.29) is 18.0 Å². The third-order valence-corrected chi connectivity index (χ3v) is 8.98. The fraction of sp³-hybridized carbons (Fsp3) is 0.297. The Bertz CT molecular complexity index is 1790. The molecule has 2 aromatic carbocycles. The highest BCUT2D eigenvalue weighted by molar-refractivity contribution is 7.09. The SMILES string of the molecule is Cc1csc(CN(C)C(=O)c2cc(C(=O)N[C@@H](Cc3ccccc3)[C@H](O)CN(C)c3cncc(C(C)C)c3)cc(-c3ccco3)c2)n1. The van der Waals surface area contributed by atoms with Crippen LogP contribution in [0.25, 0.3) is 11.3 Å². The van der Waals surface area contributed by atoms with E-state index >= 15 is 0 Å². The van der Waals surface area contributed by atoms with E-state index in [1.807, 2.05) is 60.8 Å². The van der Waals surface area contributed by atoms with Gasteiger partial charge < -0.3 is 24.6 Å². The average molecular weight is 652 g/mol. The number of thiazole rings is 1. The monoisotopic (exact) mass is 651 g/mol. The van der Waals surface area contributed by atoms with Crippen LogP contribution in [0.4, 0.5) is 5.69 Å². The zero-order chi connectivity index (χ0) is 33.5. The molecule has 5 aromatic rings. The molecule has 244 valence electrons. The lowest BCUT2D eigenvalue weighted by Crippen LogP contribution is -2.49. The molecule has 10 heteroatoms. The molecule has 3 aromatic heterocycles. The summed E-state index contributed by atoms with van der Waals surface area (Å²) < 4.78 is 5.64. The first kappa shape index (κ1) is 33.6. The molecule has 2 atom stereocenters. The van der Waals surface area contributed by atoms with Crippen LogP contribution in [0.15, 0.2) is 95.2 Å². The minimum Gasteiger partial charge on any atom is -0.464 e. The lowest BCUT2D eigenvalue weighted by molar-refractivity contribution is 0.0785. The van der Waals surface area contributed by atoms with Gasteiger partial charge in [-0.1, -0.05) is 44.2 Å². The summed E-state index contributed by atoms with van der Waals surface area (Å²) in [5, 5.41) is 17.4. The molecule has 5 rings (SSSR count). The molecule has 2 N–H and O–H groups in total. The maximum atomic E-state index is 14.0. The number of nitrogens with zero attached hydrogens (tertiary/aromatic N) is 4. The minimum atomic E-state index is -0.922. The normalized spacial score (nSPS) is 12.5. The van der Waals surface area contributed by atoms with Gasteiger partial charge in [-0.2, -0.15) is 0 Å². The number of aliphatic hydroxyl groups is 1.